The van der Waals surface area contributed by atoms with Crippen molar-refractivity contribution in [2.24, 2.45) is 0 Å². The van der Waals surface area contributed by atoms with Crippen molar-refractivity contribution in [1.29, 1.82) is 0 Å². The maximum absolute atomic E-state index is 13.1. The number of phenolic OH excluding ortho intramolecular Hbond substituents is 1. The summed E-state index contributed by atoms with van der Waals surface area (Å²) in [7, 11) is -4.29. The van der Waals surface area contributed by atoms with Crippen molar-refractivity contribution in [3.63, 3.8) is 0 Å². The van der Waals surface area contributed by atoms with E-state index in [1.54, 1.807) is 0 Å². The number of benzene rings is 2. The van der Waals surface area contributed by atoms with Crippen molar-refractivity contribution in [1.82, 2.24) is 8.96 Å². The Hall–Kier alpha value is -1.61. The van der Waals surface area contributed by atoms with Gasteiger partial charge in [0.1, 0.15) is 10.7 Å². The lowest BCUT2D eigenvalue weighted by Crippen LogP contribution is -2.23. The van der Waals surface area contributed by atoms with Gasteiger partial charge in [-0.25, -0.2) is 12.4 Å². The molecule has 0 atom stereocenters. The largest absolute Gasteiger partial charge is 0.505 e. The zero-order valence-corrected chi connectivity index (χ0v) is 16.4. The minimum absolute atomic E-state index is 0.0438. The van der Waals surface area contributed by atoms with Gasteiger partial charge in [-0.2, -0.15) is 4.98 Å². The number of hydrogen-bond donors (Lipinski definition) is 1. The fraction of sp³-hybridized carbons (Fsp3) is 0.0667. The van der Waals surface area contributed by atoms with Crippen molar-refractivity contribution in [2.45, 2.75) is 11.8 Å². The summed E-state index contributed by atoms with van der Waals surface area (Å²) in [4.78, 5) is 15.4. The Labute approximate surface area is 160 Å². The maximum Gasteiger partial charge on any atom is 0.280 e. The molecule has 25 heavy (non-hydrogen) atoms. The van der Waals surface area contributed by atoms with E-state index >= 15 is 0 Å². The van der Waals surface area contributed by atoms with Crippen molar-refractivity contribution in [3.8, 4) is 5.75 Å². The van der Waals surface area contributed by atoms with Crippen LogP contribution < -0.4 is 5.56 Å². The summed E-state index contributed by atoms with van der Waals surface area (Å²) in [6.07, 6.45) is 0. The highest BCUT2D eigenvalue weighted by Gasteiger charge is 2.27. The standard InChI is InChI=1S/C15H9BrCl2N2O4S/c1-7-19-15(22)10-6-9(17)2-3-12(10)20(7)25(23,24)13-5-8(16)4-11(18)14(13)21/h2-6,21H,1H3. The lowest BCUT2D eigenvalue weighted by Gasteiger charge is -2.16. The lowest BCUT2D eigenvalue weighted by atomic mass is 10.2. The van der Waals surface area contributed by atoms with E-state index in [2.05, 4.69) is 20.9 Å². The third kappa shape index (κ3) is 3.03. The summed E-state index contributed by atoms with van der Waals surface area (Å²) in [5.74, 6) is -0.652. The van der Waals surface area contributed by atoms with Crippen LogP contribution >= 0.6 is 39.1 Å². The van der Waals surface area contributed by atoms with Gasteiger partial charge in [-0.05, 0) is 37.3 Å². The topological polar surface area (TPSA) is 89.3 Å². The highest BCUT2D eigenvalue weighted by Crippen LogP contribution is 2.36. The van der Waals surface area contributed by atoms with Crippen LogP contribution in [-0.2, 0) is 10.0 Å². The van der Waals surface area contributed by atoms with Gasteiger partial charge in [0.25, 0.3) is 15.6 Å². The molecular weight excluding hydrogens is 455 g/mol. The van der Waals surface area contributed by atoms with E-state index in [1.165, 1.54) is 37.3 Å². The summed E-state index contributed by atoms with van der Waals surface area (Å²) < 4.78 is 27.5. The van der Waals surface area contributed by atoms with Crippen LogP contribution in [0.4, 0.5) is 0 Å². The Morgan fingerprint density at radius 3 is 2.56 bits per heavy atom. The molecule has 0 saturated heterocycles. The number of nitrogens with zero attached hydrogens (tertiary/aromatic N) is 2. The van der Waals surface area contributed by atoms with Gasteiger partial charge in [0.2, 0.25) is 0 Å². The lowest BCUT2D eigenvalue weighted by molar-refractivity contribution is 0.458. The normalized spacial score (nSPS) is 11.8. The summed E-state index contributed by atoms with van der Waals surface area (Å²) >= 11 is 14.9. The van der Waals surface area contributed by atoms with Gasteiger partial charge in [-0.3, -0.25) is 4.79 Å². The molecule has 0 aliphatic heterocycles. The predicted molar refractivity (Wildman–Crippen MR) is 99.2 cm³/mol. The molecule has 130 valence electrons. The molecule has 0 radical (unpaired) electrons. The predicted octanol–water partition coefficient (Wildman–Crippen LogP) is 3.72. The van der Waals surface area contributed by atoms with Crippen LogP contribution in [0.2, 0.25) is 10.0 Å². The Balaban J connectivity index is 2.46. The quantitative estimate of drug-likeness (QED) is 0.625. The molecule has 0 amide bonds. The number of fused-ring (bicyclic) bond motifs is 1. The second-order valence-corrected chi connectivity index (χ2v) is 8.64. The van der Waals surface area contributed by atoms with Crippen molar-refractivity contribution >= 4 is 60.1 Å². The van der Waals surface area contributed by atoms with E-state index < -0.39 is 26.2 Å². The molecule has 10 heteroatoms. The molecule has 6 nitrogen and oxygen atoms in total. The molecule has 0 unspecified atom stereocenters. The molecular formula is C15H9BrCl2N2O4S. The zero-order valence-electron chi connectivity index (χ0n) is 12.5. The first-order chi connectivity index (χ1) is 11.6. The van der Waals surface area contributed by atoms with Crippen LogP contribution in [0, 0.1) is 6.92 Å². The molecule has 2 aromatic carbocycles. The molecule has 1 N–H and O–H groups in total. The minimum Gasteiger partial charge on any atom is -0.505 e. The molecule has 0 fully saturated rings. The van der Waals surface area contributed by atoms with E-state index in [0.717, 1.165) is 3.97 Å². The Kier molecular flexibility index (Phi) is 4.57. The first kappa shape index (κ1) is 18.2. The second-order valence-electron chi connectivity index (χ2n) is 5.13. The maximum atomic E-state index is 13.1. The summed E-state index contributed by atoms with van der Waals surface area (Å²) in [6, 6.07) is 6.79. The SMILES string of the molecule is Cc1nc(=O)c2cc(Cl)ccc2n1S(=O)(=O)c1cc(Br)cc(Cl)c1O. The van der Waals surface area contributed by atoms with Crippen molar-refractivity contribution in [2.75, 3.05) is 0 Å². The van der Waals surface area contributed by atoms with Gasteiger partial charge in [-0.1, -0.05) is 39.1 Å². The summed E-state index contributed by atoms with van der Waals surface area (Å²) in [5, 5.41) is 10.3. The van der Waals surface area contributed by atoms with Crippen LogP contribution in [0.3, 0.4) is 0 Å². The van der Waals surface area contributed by atoms with Gasteiger partial charge < -0.3 is 5.11 Å². The number of halogens is 3. The molecule has 0 saturated carbocycles. The second kappa shape index (κ2) is 6.28. The number of aromatic nitrogens is 2. The monoisotopic (exact) mass is 462 g/mol. The van der Waals surface area contributed by atoms with E-state index in [4.69, 9.17) is 23.2 Å². The van der Waals surface area contributed by atoms with E-state index in [0.29, 0.717) is 4.47 Å². The average molecular weight is 464 g/mol. The summed E-state index contributed by atoms with van der Waals surface area (Å²) in [5.41, 5.74) is -0.504. The highest BCUT2D eigenvalue weighted by atomic mass is 79.9. The van der Waals surface area contributed by atoms with E-state index in [-0.39, 0.29) is 26.8 Å². The Bertz CT molecular complexity index is 1190. The van der Waals surface area contributed by atoms with Gasteiger partial charge in [0.05, 0.1) is 15.9 Å². The third-order valence-corrected chi connectivity index (χ3v) is 6.27. The van der Waals surface area contributed by atoms with Crippen molar-refractivity contribution < 1.29 is 13.5 Å². The highest BCUT2D eigenvalue weighted by molar-refractivity contribution is 9.10. The van der Waals surface area contributed by atoms with E-state index in [1.807, 2.05) is 0 Å². The van der Waals surface area contributed by atoms with Gasteiger partial charge in [0.15, 0.2) is 5.75 Å². The molecule has 0 aliphatic rings. The number of aryl methyl sites for hydroxylation is 1. The Morgan fingerprint density at radius 1 is 1.20 bits per heavy atom. The third-order valence-electron chi connectivity index (χ3n) is 3.48. The first-order valence-electron chi connectivity index (χ1n) is 6.75. The van der Waals surface area contributed by atoms with Crippen LogP contribution in [0.25, 0.3) is 10.9 Å². The van der Waals surface area contributed by atoms with Crippen LogP contribution in [0.1, 0.15) is 5.82 Å². The molecule has 0 spiro atoms. The van der Waals surface area contributed by atoms with Crippen LogP contribution in [-0.4, -0.2) is 22.5 Å². The molecule has 0 aliphatic carbocycles. The van der Waals surface area contributed by atoms with Gasteiger partial charge in [-0.15, -0.1) is 0 Å². The van der Waals surface area contributed by atoms with Gasteiger partial charge >= 0.3 is 0 Å². The van der Waals surface area contributed by atoms with Gasteiger partial charge in [0, 0.05) is 9.50 Å². The van der Waals surface area contributed by atoms with Crippen LogP contribution in [0.5, 0.6) is 5.75 Å². The molecule has 0 bridgehead atoms. The Morgan fingerprint density at radius 2 is 1.88 bits per heavy atom. The molecule has 1 heterocycles. The number of rotatable bonds is 2. The number of aromatic hydroxyl groups is 1. The van der Waals surface area contributed by atoms with Crippen molar-refractivity contribution in [3.05, 3.63) is 61.0 Å². The fourth-order valence-electron chi connectivity index (χ4n) is 2.42. The van der Waals surface area contributed by atoms with E-state index in [9.17, 15) is 18.3 Å². The first-order valence-corrected chi connectivity index (χ1v) is 9.74. The molecule has 3 rings (SSSR count). The smallest absolute Gasteiger partial charge is 0.280 e. The zero-order chi connectivity index (χ0) is 18.5. The summed E-state index contributed by atoms with van der Waals surface area (Å²) in [6.45, 7) is 1.38. The number of hydrogen-bond acceptors (Lipinski definition) is 5. The molecule has 1 aromatic heterocycles. The minimum atomic E-state index is -4.29. The molecule has 3 aromatic rings. The number of phenols is 1. The average Bonchev–Trinajstić information content (AvgIpc) is 2.51. The van der Waals surface area contributed by atoms with Crippen LogP contribution in [0.15, 0.2) is 44.5 Å². The fourth-order valence-corrected chi connectivity index (χ4v) is 5.25.